The number of hydrogen-bond donors (Lipinski definition) is 1. The van der Waals surface area contributed by atoms with Gasteiger partial charge in [-0.1, -0.05) is 23.2 Å². The molecule has 18 heavy (non-hydrogen) atoms. The van der Waals surface area contributed by atoms with Crippen LogP contribution in [0.15, 0.2) is 18.2 Å². The molecule has 0 saturated carbocycles. The van der Waals surface area contributed by atoms with E-state index < -0.39 is 9.84 Å². The molecule has 1 rings (SSSR count). The summed E-state index contributed by atoms with van der Waals surface area (Å²) in [5.41, 5.74) is 0.903. The first-order valence-corrected chi connectivity index (χ1v) is 8.45. The minimum Gasteiger partial charge on any atom is -0.313 e. The molecule has 0 aliphatic rings. The highest BCUT2D eigenvalue weighted by Crippen LogP contribution is 2.28. The van der Waals surface area contributed by atoms with Crippen LogP contribution in [-0.4, -0.2) is 27.5 Å². The van der Waals surface area contributed by atoms with E-state index >= 15 is 0 Å². The van der Waals surface area contributed by atoms with Crippen molar-refractivity contribution in [1.29, 1.82) is 0 Å². The summed E-state index contributed by atoms with van der Waals surface area (Å²) in [6, 6.07) is 5.31. The van der Waals surface area contributed by atoms with Gasteiger partial charge in [-0.15, -0.1) is 0 Å². The fourth-order valence-electron chi connectivity index (χ4n) is 1.79. The highest BCUT2D eigenvalue weighted by Gasteiger charge is 2.14. The third kappa shape index (κ3) is 5.14. The van der Waals surface area contributed by atoms with Gasteiger partial charge in [0.05, 0.1) is 0 Å². The van der Waals surface area contributed by atoms with Gasteiger partial charge in [-0.25, -0.2) is 8.42 Å². The Bertz CT molecular complexity index is 503. The topological polar surface area (TPSA) is 46.2 Å². The molecule has 0 aliphatic carbocycles. The molecule has 1 atom stereocenters. The van der Waals surface area contributed by atoms with Crippen molar-refractivity contribution in [2.75, 3.05) is 19.1 Å². The maximum atomic E-state index is 11.1. The lowest BCUT2D eigenvalue weighted by Crippen LogP contribution is -2.18. The van der Waals surface area contributed by atoms with E-state index in [1.165, 1.54) is 6.26 Å². The molecule has 0 spiro atoms. The Morgan fingerprint density at radius 3 is 2.56 bits per heavy atom. The average Bonchev–Trinajstić information content (AvgIpc) is 2.27. The normalized spacial score (nSPS) is 13.6. The molecule has 3 nitrogen and oxygen atoms in total. The molecule has 0 fully saturated rings. The fraction of sp³-hybridized carbons (Fsp3) is 0.500. The van der Waals surface area contributed by atoms with E-state index in [1.54, 1.807) is 12.1 Å². The summed E-state index contributed by atoms with van der Waals surface area (Å²) in [6.07, 6.45) is 2.53. The Labute approximate surface area is 118 Å². The lowest BCUT2D eigenvalue weighted by atomic mass is 10.0. The van der Waals surface area contributed by atoms with E-state index in [4.69, 9.17) is 23.2 Å². The number of rotatable bonds is 6. The standard InChI is InChI=1S/C12H17Cl2NO2S/c1-15-12(4-3-7-18(2,16)17)10-8-9(13)5-6-11(10)14/h5-6,8,12,15H,3-4,7H2,1-2H3. The maximum Gasteiger partial charge on any atom is 0.147 e. The molecule has 0 saturated heterocycles. The van der Waals surface area contributed by atoms with Crippen molar-refractivity contribution in [3.63, 3.8) is 0 Å². The molecule has 0 amide bonds. The molecule has 0 radical (unpaired) electrons. The molecule has 1 N–H and O–H groups in total. The zero-order chi connectivity index (χ0) is 13.8. The van der Waals surface area contributed by atoms with Crippen molar-refractivity contribution in [3.8, 4) is 0 Å². The summed E-state index contributed by atoms with van der Waals surface area (Å²) in [5.74, 6) is 0.184. The minimum absolute atomic E-state index is 0.0120. The smallest absolute Gasteiger partial charge is 0.147 e. The van der Waals surface area contributed by atoms with Gasteiger partial charge in [0, 0.05) is 28.1 Å². The number of nitrogens with one attached hydrogen (secondary N) is 1. The quantitative estimate of drug-likeness (QED) is 0.878. The van der Waals surface area contributed by atoms with Crippen molar-refractivity contribution < 1.29 is 8.42 Å². The van der Waals surface area contributed by atoms with Gasteiger partial charge in [-0.3, -0.25) is 0 Å². The van der Waals surface area contributed by atoms with Crippen LogP contribution in [0.25, 0.3) is 0 Å². The van der Waals surface area contributed by atoms with Crippen molar-refractivity contribution in [2.45, 2.75) is 18.9 Å². The van der Waals surface area contributed by atoms with E-state index in [0.29, 0.717) is 22.9 Å². The number of halogens is 2. The van der Waals surface area contributed by atoms with Gasteiger partial charge < -0.3 is 5.32 Å². The lowest BCUT2D eigenvalue weighted by Gasteiger charge is -2.18. The van der Waals surface area contributed by atoms with Crippen LogP contribution in [0.3, 0.4) is 0 Å². The lowest BCUT2D eigenvalue weighted by molar-refractivity contribution is 0.536. The predicted octanol–water partition coefficient (Wildman–Crippen LogP) is 3.08. The predicted molar refractivity (Wildman–Crippen MR) is 77.2 cm³/mol. The van der Waals surface area contributed by atoms with E-state index in [-0.39, 0.29) is 11.8 Å². The number of hydrogen-bond acceptors (Lipinski definition) is 3. The summed E-state index contributed by atoms with van der Waals surface area (Å²) in [4.78, 5) is 0. The summed E-state index contributed by atoms with van der Waals surface area (Å²) in [6.45, 7) is 0. The molecular weight excluding hydrogens is 293 g/mol. The third-order valence-corrected chi connectivity index (χ3v) is 4.30. The van der Waals surface area contributed by atoms with Crippen LogP contribution in [-0.2, 0) is 9.84 Å². The van der Waals surface area contributed by atoms with Crippen molar-refractivity contribution >= 4 is 33.0 Å². The number of sulfone groups is 1. The molecule has 102 valence electrons. The third-order valence-electron chi connectivity index (χ3n) is 2.69. The zero-order valence-corrected chi connectivity index (χ0v) is 12.7. The summed E-state index contributed by atoms with van der Waals surface area (Å²) in [5, 5.41) is 4.39. The molecule has 1 unspecified atom stereocenters. The van der Waals surface area contributed by atoms with Gasteiger partial charge in [0.1, 0.15) is 9.84 Å². The molecular formula is C12H17Cl2NO2S. The Balaban J connectivity index is 2.74. The summed E-state index contributed by atoms with van der Waals surface area (Å²) in [7, 11) is -1.09. The molecule has 0 heterocycles. The van der Waals surface area contributed by atoms with E-state index in [9.17, 15) is 8.42 Å². The van der Waals surface area contributed by atoms with Crippen LogP contribution < -0.4 is 5.32 Å². The second-order valence-electron chi connectivity index (χ2n) is 4.28. The Morgan fingerprint density at radius 1 is 1.33 bits per heavy atom. The Hall–Kier alpha value is -0.290. The molecule has 0 aliphatic heterocycles. The highest BCUT2D eigenvalue weighted by atomic mass is 35.5. The van der Waals surface area contributed by atoms with Crippen LogP contribution in [0.2, 0.25) is 10.0 Å². The zero-order valence-electron chi connectivity index (χ0n) is 10.4. The Morgan fingerprint density at radius 2 is 2.00 bits per heavy atom. The van der Waals surface area contributed by atoms with Crippen LogP contribution in [0, 0.1) is 0 Å². The van der Waals surface area contributed by atoms with Crippen LogP contribution in [0.4, 0.5) is 0 Å². The van der Waals surface area contributed by atoms with Crippen molar-refractivity contribution in [2.24, 2.45) is 0 Å². The summed E-state index contributed by atoms with van der Waals surface area (Å²) >= 11 is 12.1. The van der Waals surface area contributed by atoms with Gasteiger partial charge in [-0.05, 0) is 43.7 Å². The van der Waals surface area contributed by atoms with E-state index in [0.717, 1.165) is 5.56 Å². The van der Waals surface area contributed by atoms with Crippen molar-refractivity contribution in [1.82, 2.24) is 5.32 Å². The molecule has 0 aromatic heterocycles. The van der Waals surface area contributed by atoms with E-state index in [1.807, 2.05) is 13.1 Å². The van der Waals surface area contributed by atoms with Crippen LogP contribution in [0.1, 0.15) is 24.4 Å². The molecule has 1 aromatic rings. The second kappa shape index (κ2) is 6.75. The average molecular weight is 310 g/mol. The fourth-order valence-corrected chi connectivity index (χ4v) is 2.91. The van der Waals surface area contributed by atoms with Gasteiger partial charge in [-0.2, -0.15) is 0 Å². The highest BCUT2D eigenvalue weighted by molar-refractivity contribution is 7.90. The Kier molecular flexibility index (Phi) is 5.92. The summed E-state index contributed by atoms with van der Waals surface area (Å²) < 4.78 is 22.2. The van der Waals surface area contributed by atoms with Crippen LogP contribution >= 0.6 is 23.2 Å². The molecule has 0 bridgehead atoms. The monoisotopic (exact) mass is 309 g/mol. The van der Waals surface area contributed by atoms with Crippen LogP contribution in [0.5, 0.6) is 0 Å². The van der Waals surface area contributed by atoms with Gasteiger partial charge in [0.2, 0.25) is 0 Å². The van der Waals surface area contributed by atoms with E-state index in [2.05, 4.69) is 5.32 Å². The first kappa shape index (κ1) is 15.8. The van der Waals surface area contributed by atoms with Crippen molar-refractivity contribution in [3.05, 3.63) is 33.8 Å². The number of benzene rings is 1. The second-order valence-corrected chi connectivity index (χ2v) is 7.38. The maximum absolute atomic E-state index is 11.1. The molecule has 6 heteroatoms. The van der Waals surface area contributed by atoms with Gasteiger partial charge >= 0.3 is 0 Å². The largest absolute Gasteiger partial charge is 0.313 e. The molecule has 1 aromatic carbocycles. The first-order chi connectivity index (χ1) is 8.33. The SMILES string of the molecule is CNC(CCCS(C)(=O)=O)c1cc(Cl)ccc1Cl. The van der Waals surface area contributed by atoms with Gasteiger partial charge in [0.15, 0.2) is 0 Å². The van der Waals surface area contributed by atoms with Gasteiger partial charge in [0.25, 0.3) is 0 Å². The minimum atomic E-state index is -2.92. The first-order valence-electron chi connectivity index (χ1n) is 5.63.